The summed E-state index contributed by atoms with van der Waals surface area (Å²) in [7, 11) is 0. The lowest BCUT2D eigenvalue weighted by Gasteiger charge is -2.12. The minimum absolute atomic E-state index is 0.324. The number of hydrogen-bond acceptors (Lipinski definition) is 2. The fraction of sp³-hybridized carbons (Fsp3) is 0.0714. The highest BCUT2D eigenvalue weighted by Gasteiger charge is 2.09. The van der Waals surface area contributed by atoms with Crippen LogP contribution in [0.5, 0.6) is 0 Å². The van der Waals surface area contributed by atoms with Crippen molar-refractivity contribution in [1.82, 2.24) is 0 Å². The summed E-state index contributed by atoms with van der Waals surface area (Å²) in [4.78, 5) is 0. The van der Waals surface area contributed by atoms with Gasteiger partial charge in [-0.2, -0.15) is 5.26 Å². The third kappa shape index (κ3) is 2.89. The molecule has 0 aliphatic rings. The van der Waals surface area contributed by atoms with Gasteiger partial charge in [-0.15, -0.1) is 0 Å². The Hall–Kier alpha value is -1.57. The second kappa shape index (κ2) is 5.60. The van der Waals surface area contributed by atoms with Gasteiger partial charge in [0.15, 0.2) is 0 Å². The van der Waals surface area contributed by atoms with Crippen molar-refractivity contribution >= 4 is 38.9 Å². The van der Waals surface area contributed by atoms with Crippen LogP contribution in [-0.4, -0.2) is 0 Å². The number of nitrogens with one attached hydrogen (secondary N) is 1. The Kier molecular flexibility index (Phi) is 4.08. The van der Waals surface area contributed by atoms with Gasteiger partial charge >= 0.3 is 0 Å². The summed E-state index contributed by atoms with van der Waals surface area (Å²) in [5.74, 6) is -0.324. The van der Waals surface area contributed by atoms with Crippen LogP contribution in [0.1, 0.15) is 11.1 Å². The molecule has 2 nitrogen and oxygen atoms in total. The average molecular weight is 340 g/mol. The number of aryl methyl sites for hydroxylation is 1. The fourth-order valence-corrected chi connectivity index (χ4v) is 2.23. The molecule has 2 rings (SSSR count). The fourth-order valence-electron chi connectivity index (χ4n) is 1.67. The van der Waals surface area contributed by atoms with Gasteiger partial charge in [0.25, 0.3) is 0 Å². The van der Waals surface area contributed by atoms with E-state index in [9.17, 15) is 4.39 Å². The Morgan fingerprint density at radius 1 is 1.32 bits per heavy atom. The van der Waals surface area contributed by atoms with Crippen LogP contribution in [0, 0.1) is 24.1 Å². The molecule has 0 fully saturated rings. The molecule has 0 aromatic heterocycles. The van der Waals surface area contributed by atoms with Gasteiger partial charge in [0.1, 0.15) is 11.9 Å². The number of anilines is 2. The summed E-state index contributed by atoms with van der Waals surface area (Å²) in [6.07, 6.45) is 0. The van der Waals surface area contributed by atoms with Gasteiger partial charge in [-0.1, -0.05) is 17.7 Å². The molecular weight excluding hydrogens is 331 g/mol. The number of hydrogen-bond donors (Lipinski definition) is 1. The number of halogens is 3. The first kappa shape index (κ1) is 13.9. The molecule has 19 heavy (non-hydrogen) atoms. The number of nitriles is 1. The van der Waals surface area contributed by atoms with Gasteiger partial charge in [-0.05, 0) is 52.7 Å². The molecule has 0 aliphatic carbocycles. The van der Waals surface area contributed by atoms with Crippen molar-refractivity contribution in [3.05, 3.63) is 56.8 Å². The lowest BCUT2D eigenvalue weighted by Crippen LogP contribution is -1.97. The first-order valence-corrected chi connectivity index (χ1v) is 6.61. The van der Waals surface area contributed by atoms with Crippen molar-refractivity contribution in [2.45, 2.75) is 6.92 Å². The standard InChI is InChI=1S/C14H9BrClFN2/c1-8-5-12(17)10(15)6-14(8)19-13-4-2-3-11(16)9(13)7-18/h2-6,19H,1H3. The highest BCUT2D eigenvalue weighted by Crippen LogP contribution is 2.30. The van der Waals surface area contributed by atoms with Crippen LogP contribution in [0.3, 0.4) is 0 Å². The minimum atomic E-state index is -0.324. The highest BCUT2D eigenvalue weighted by atomic mass is 79.9. The van der Waals surface area contributed by atoms with Gasteiger partial charge < -0.3 is 5.32 Å². The van der Waals surface area contributed by atoms with Crippen molar-refractivity contribution in [3.8, 4) is 6.07 Å². The summed E-state index contributed by atoms with van der Waals surface area (Å²) < 4.78 is 13.7. The Morgan fingerprint density at radius 3 is 2.74 bits per heavy atom. The monoisotopic (exact) mass is 338 g/mol. The molecule has 0 unspecified atom stereocenters. The van der Waals surface area contributed by atoms with E-state index < -0.39 is 0 Å². The van der Waals surface area contributed by atoms with Gasteiger partial charge in [0, 0.05) is 5.69 Å². The van der Waals surface area contributed by atoms with Gasteiger partial charge in [-0.25, -0.2) is 4.39 Å². The smallest absolute Gasteiger partial charge is 0.137 e. The number of benzene rings is 2. The van der Waals surface area contributed by atoms with Crippen LogP contribution in [0.15, 0.2) is 34.8 Å². The SMILES string of the molecule is Cc1cc(F)c(Br)cc1Nc1cccc(Cl)c1C#N. The van der Waals surface area contributed by atoms with Crippen molar-refractivity contribution in [2.24, 2.45) is 0 Å². The lowest BCUT2D eigenvalue weighted by atomic mass is 10.1. The highest BCUT2D eigenvalue weighted by molar-refractivity contribution is 9.10. The van der Waals surface area contributed by atoms with Crippen LogP contribution in [-0.2, 0) is 0 Å². The predicted octanol–water partition coefficient (Wildman–Crippen LogP) is 5.17. The summed E-state index contributed by atoms with van der Waals surface area (Å²) >= 11 is 9.10. The molecule has 0 radical (unpaired) electrons. The van der Waals surface area contributed by atoms with Crippen molar-refractivity contribution < 1.29 is 4.39 Å². The molecule has 5 heteroatoms. The summed E-state index contributed by atoms with van der Waals surface area (Å²) in [6.45, 7) is 1.79. The van der Waals surface area contributed by atoms with Crippen LogP contribution in [0.25, 0.3) is 0 Å². The topological polar surface area (TPSA) is 35.8 Å². The first-order valence-electron chi connectivity index (χ1n) is 5.44. The normalized spacial score (nSPS) is 10.1. The van der Waals surface area contributed by atoms with E-state index >= 15 is 0 Å². The molecule has 1 N–H and O–H groups in total. The third-order valence-corrected chi connectivity index (χ3v) is 3.58. The zero-order valence-electron chi connectivity index (χ0n) is 9.97. The van der Waals surface area contributed by atoms with E-state index in [1.54, 1.807) is 31.2 Å². The van der Waals surface area contributed by atoms with Crippen molar-refractivity contribution in [3.63, 3.8) is 0 Å². The molecule has 2 aromatic rings. The van der Waals surface area contributed by atoms with Gasteiger partial charge in [0.05, 0.1) is 20.7 Å². The quantitative estimate of drug-likeness (QED) is 0.819. The zero-order valence-corrected chi connectivity index (χ0v) is 12.3. The lowest BCUT2D eigenvalue weighted by molar-refractivity contribution is 0.620. The summed E-state index contributed by atoms with van der Waals surface area (Å²) in [5, 5.41) is 12.6. The van der Waals surface area contributed by atoms with E-state index in [0.29, 0.717) is 26.4 Å². The van der Waals surface area contributed by atoms with Gasteiger partial charge in [-0.3, -0.25) is 0 Å². The van der Waals surface area contributed by atoms with Crippen LogP contribution in [0.4, 0.5) is 15.8 Å². The Morgan fingerprint density at radius 2 is 2.05 bits per heavy atom. The zero-order chi connectivity index (χ0) is 14.0. The van der Waals surface area contributed by atoms with Crippen molar-refractivity contribution in [1.29, 1.82) is 5.26 Å². The molecule has 0 spiro atoms. The van der Waals surface area contributed by atoms with E-state index in [2.05, 4.69) is 21.2 Å². The van der Waals surface area contributed by atoms with E-state index in [-0.39, 0.29) is 5.82 Å². The molecule has 0 heterocycles. The summed E-state index contributed by atoms with van der Waals surface area (Å²) in [6, 6.07) is 10.3. The molecule has 0 saturated heterocycles. The van der Waals surface area contributed by atoms with Crippen LogP contribution >= 0.6 is 27.5 Å². The van der Waals surface area contributed by atoms with E-state index in [1.165, 1.54) is 6.07 Å². The molecular formula is C14H9BrClFN2. The summed E-state index contributed by atoms with van der Waals surface area (Å²) in [5.41, 5.74) is 2.41. The first-order chi connectivity index (χ1) is 9.02. The second-order valence-electron chi connectivity index (χ2n) is 3.98. The molecule has 96 valence electrons. The maximum absolute atomic E-state index is 13.4. The largest absolute Gasteiger partial charge is 0.354 e. The number of nitrogens with zero attached hydrogens (tertiary/aromatic N) is 1. The van der Waals surface area contributed by atoms with Gasteiger partial charge in [0.2, 0.25) is 0 Å². The van der Waals surface area contributed by atoms with Crippen LogP contribution in [0.2, 0.25) is 5.02 Å². The van der Waals surface area contributed by atoms with E-state index in [4.69, 9.17) is 16.9 Å². The third-order valence-electron chi connectivity index (χ3n) is 2.66. The molecule has 0 bridgehead atoms. The van der Waals surface area contributed by atoms with Crippen molar-refractivity contribution in [2.75, 3.05) is 5.32 Å². The van der Waals surface area contributed by atoms with E-state index in [0.717, 1.165) is 5.56 Å². The molecule has 0 atom stereocenters. The number of rotatable bonds is 2. The van der Waals surface area contributed by atoms with E-state index in [1.807, 2.05) is 6.07 Å². The average Bonchev–Trinajstić information content (AvgIpc) is 2.36. The second-order valence-corrected chi connectivity index (χ2v) is 5.24. The maximum Gasteiger partial charge on any atom is 0.137 e. The Bertz CT molecular complexity index is 680. The Balaban J connectivity index is 2.45. The Labute approximate surface area is 123 Å². The molecule has 0 saturated carbocycles. The maximum atomic E-state index is 13.4. The molecule has 2 aromatic carbocycles. The minimum Gasteiger partial charge on any atom is -0.354 e. The van der Waals surface area contributed by atoms with Crippen LogP contribution < -0.4 is 5.32 Å². The molecule has 0 aliphatic heterocycles. The molecule has 0 amide bonds. The predicted molar refractivity (Wildman–Crippen MR) is 78.3 cm³/mol.